The van der Waals surface area contributed by atoms with E-state index in [4.69, 9.17) is 9.15 Å². The van der Waals surface area contributed by atoms with Gasteiger partial charge in [0.05, 0.1) is 30.7 Å². The lowest BCUT2D eigenvalue weighted by Crippen LogP contribution is -2.33. The Hall–Kier alpha value is -3.58. The molecule has 4 rings (SSSR count). The van der Waals surface area contributed by atoms with E-state index in [0.29, 0.717) is 27.3 Å². The number of furan rings is 1. The van der Waals surface area contributed by atoms with Gasteiger partial charge in [0.2, 0.25) is 17.7 Å². The molecule has 2 aromatic rings. The van der Waals surface area contributed by atoms with Crippen molar-refractivity contribution in [2.75, 3.05) is 17.7 Å². The monoisotopic (exact) mass is 515 g/mol. The number of hydrogen-bond acceptors (Lipinski definition) is 10. The van der Waals surface area contributed by atoms with Crippen molar-refractivity contribution in [1.82, 2.24) is 10.2 Å². The van der Waals surface area contributed by atoms with Crippen LogP contribution >= 0.6 is 23.5 Å². The molecule has 2 N–H and O–H groups in total. The number of amides is 3. The van der Waals surface area contributed by atoms with Crippen LogP contribution < -0.4 is 10.6 Å². The summed E-state index contributed by atoms with van der Waals surface area (Å²) >= 11 is 2.33. The Bertz CT molecular complexity index is 1180. The molecule has 2 aliphatic heterocycles. The zero-order valence-electron chi connectivity index (χ0n) is 18.6. The van der Waals surface area contributed by atoms with Crippen LogP contribution in [-0.2, 0) is 25.7 Å². The zero-order valence-corrected chi connectivity index (χ0v) is 20.2. The first-order chi connectivity index (χ1) is 16.9. The molecule has 1 aromatic heterocycles. The molecular weight excluding hydrogens is 494 g/mol. The molecule has 0 bridgehead atoms. The topological polar surface area (TPSA) is 143 Å². The Morgan fingerprint density at radius 1 is 1.23 bits per heavy atom. The standard InChI is InChI=1S/C22H21N5O6S2/c1-2-32-20(31)13-5-7-14(8-6-13)23-17(28)10-16-19(30)27(11-15-4-3-9-33-15)22(35-16)26-25-21-24-18(29)12-34-21/h3-9,16H,2,10-12H2,1H3,(H,23,28)(H,24,25,29)/b26-22+/t16-/m1/s1. The summed E-state index contributed by atoms with van der Waals surface area (Å²) in [5.41, 5.74) is 0.860. The molecule has 2 aliphatic rings. The van der Waals surface area contributed by atoms with Gasteiger partial charge in [0, 0.05) is 12.1 Å². The summed E-state index contributed by atoms with van der Waals surface area (Å²) in [5, 5.41) is 13.4. The summed E-state index contributed by atoms with van der Waals surface area (Å²) in [4.78, 5) is 50.3. The molecule has 3 amide bonds. The van der Waals surface area contributed by atoms with Crippen LogP contribution in [0.4, 0.5) is 5.69 Å². The van der Waals surface area contributed by atoms with Gasteiger partial charge in [0.1, 0.15) is 11.0 Å². The van der Waals surface area contributed by atoms with Crippen LogP contribution in [0.5, 0.6) is 0 Å². The van der Waals surface area contributed by atoms with Gasteiger partial charge in [-0.25, -0.2) is 4.79 Å². The number of hydrogen-bond donors (Lipinski definition) is 2. The summed E-state index contributed by atoms with van der Waals surface area (Å²) in [6.45, 7) is 2.13. The van der Waals surface area contributed by atoms with Crippen LogP contribution in [0, 0.1) is 0 Å². The van der Waals surface area contributed by atoms with E-state index in [2.05, 4.69) is 20.8 Å². The van der Waals surface area contributed by atoms with Crippen LogP contribution in [0.3, 0.4) is 0 Å². The number of esters is 1. The van der Waals surface area contributed by atoms with Crippen molar-refractivity contribution in [3.8, 4) is 0 Å². The molecule has 0 aliphatic carbocycles. The molecule has 2 saturated heterocycles. The van der Waals surface area contributed by atoms with Crippen molar-refractivity contribution < 1.29 is 28.3 Å². The quantitative estimate of drug-likeness (QED) is 0.403. The van der Waals surface area contributed by atoms with Gasteiger partial charge >= 0.3 is 5.97 Å². The summed E-state index contributed by atoms with van der Waals surface area (Å²) in [5.74, 6) is -0.475. The fourth-order valence-corrected chi connectivity index (χ4v) is 4.88. The van der Waals surface area contributed by atoms with E-state index >= 15 is 0 Å². The number of carbonyl (C=O) groups is 4. The molecule has 1 atom stereocenters. The highest BCUT2D eigenvalue weighted by Crippen LogP contribution is 2.31. The first-order valence-electron chi connectivity index (χ1n) is 10.6. The lowest BCUT2D eigenvalue weighted by Gasteiger charge is -2.14. The van der Waals surface area contributed by atoms with E-state index in [1.807, 2.05) is 0 Å². The van der Waals surface area contributed by atoms with Crippen LogP contribution in [0.2, 0.25) is 0 Å². The zero-order chi connectivity index (χ0) is 24.8. The van der Waals surface area contributed by atoms with Gasteiger partial charge < -0.3 is 19.8 Å². The van der Waals surface area contributed by atoms with Gasteiger partial charge in [-0.15, -0.1) is 10.2 Å². The largest absolute Gasteiger partial charge is 0.467 e. The lowest BCUT2D eigenvalue weighted by atomic mass is 10.2. The molecule has 2 fully saturated rings. The number of nitrogens with zero attached hydrogens (tertiary/aromatic N) is 3. The van der Waals surface area contributed by atoms with Gasteiger partial charge in [-0.2, -0.15) is 0 Å². The maximum absolute atomic E-state index is 13.1. The minimum absolute atomic E-state index is 0.0984. The van der Waals surface area contributed by atoms with Crippen LogP contribution in [0.1, 0.15) is 29.5 Å². The van der Waals surface area contributed by atoms with Gasteiger partial charge in [0.25, 0.3) is 0 Å². The number of rotatable bonds is 8. The molecule has 13 heteroatoms. The Labute approximate surface area is 208 Å². The normalized spacial score (nSPS) is 19.9. The summed E-state index contributed by atoms with van der Waals surface area (Å²) in [6.07, 6.45) is 1.40. The third kappa shape index (κ3) is 6.31. The van der Waals surface area contributed by atoms with Crippen molar-refractivity contribution in [2.45, 2.75) is 25.1 Å². The Kier molecular flexibility index (Phi) is 7.87. The van der Waals surface area contributed by atoms with Crippen molar-refractivity contribution in [1.29, 1.82) is 0 Å². The van der Waals surface area contributed by atoms with Gasteiger partial charge in [-0.05, 0) is 43.3 Å². The van der Waals surface area contributed by atoms with Crippen LogP contribution in [0.25, 0.3) is 0 Å². The number of anilines is 1. The average Bonchev–Trinajstić information content (AvgIpc) is 3.57. The number of nitrogens with one attached hydrogen (secondary N) is 2. The molecule has 35 heavy (non-hydrogen) atoms. The predicted octanol–water partition coefficient (Wildman–Crippen LogP) is 2.42. The minimum Gasteiger partial charge on any atom is -0.467 e. The second-order valence-electron chi connectivity index (χ2n) is 7.28. The highest BCUT2D eigenvalue weighted by Gasteiger charge is 2.40. The first-order valence-corrected chi connectivity index (χ1v) is 12.4. The Morgan fingerprint density at radius 3 is 2.69 bits per heavy atom. The highest BCUT2D eigenvalue weighted by molar-refractivity contribution is 8.15. The summed E-state index contributed by atoms with van der Waals surface area (Å²) in [6, 6.07) is 9.73. The molecule has 0 radical (unpaired) electrons. The molecule has 0 saturated carbocycles. The summed E-state index contributed by atoms with van der Waals surface area (Å²) in [7, 11) is 0. The number of amidine groups is 2. The third-order valence-corrected chi connectivity index (χ3v) is 6.81. The van der Waals surface area contributed by atoms with E-state index in [0.717, 1.165) is 11.8 Å². The minimum atomic E-state index is -0.714. The molecule has 0 spiro atoms. The second kappa shape index (κ2) is 11.2. The molecule has 182 valence electrons. The van der Waals surface area contributed by atoms with Crippen LogP contribution in [-0.4, -0.2) is 56.5 Å². The molecule has 1 aromatic carbocycles. The van der Waals surface area contributed by atoms with E-state index in [1.165, 1.54) is 22.9 Å². The fourth-order valence-electron chi connectivity index (χ4n) is 3.17. The third-order valence-electron chi connectivity index (χ3n) is 4.78. The lowest BCUT2D eigenvalue weighted by molar-refractivity contribution is -0.128. The van der Waals surface area contributed by atoms with Crippen molar-refractivity contribution in [3.05, 3.63) is 54.0 Å². The maximum Gasteiger partial charge on any atom is 0.338 e. The van der Waals surface area contributed by atoms with Crippen molar-refractivity contribution in [2.24, 2.45) is 10.2 Å². The molecule has 0 unspecified atom stereocenters. The van der Waals surface area contributed by atoms with E-state index < -0.39 is 11.2 Å². The maximum atomic E-state index is 13.1. The number of benzene rings is 1. The van der Waals surface area contributed by atoms with E-state index in [9.17, 15) is 19.2 Å². The number of ether oxygens (including phenoxy) is 1. The molecule has 11 nitrogen and oxygen atoms in total. The summed E-state index contributed by atoms with van der Waals surface area (Å²) < 4.78 is 10.3. The van der Waals surface area contributed by atoms with Gasteiger partial charge in [-0.3, -0.25) is 19.3 Å². The SMILES string of the molecule is CCOC(=O)c1ccc(NC(=O)C[C@H]2S/C(=N/N=C3NC(=O)CS3)N(Cc3ccco3)C2=O)cc1. The highest BCUT2D eigenvalue weighted by atomic mass is 32.2. The molecule has 3 heterocycles. The van der Waals surface area contributed by atoms with Crippen molar-refractivity contribution >= 4 is 63.2 Å². The van der Waals surface area contributed by atoms with E-state index in [-0.39, 0.29) is 43.0 Å². The number of thioether (sulfide) groups is 2. The smallest absolute Gasteiger partial charge is 0.338 e. The average molecular weight is 516 g/mol. The van der Waals surface area contributed by atoms with Crippen LogP contribution in [0.15, 0.2) is 57.3 Å². The Balaban J connectivity index is 1.43. The van der Waals surface area contributed by atoms with Gasteiger partial charge in [-0.1, -0.05) is 23.5 Å². The van der Waals surface area contributed by atoms with Gasteiger partial charge in [0.15, 0.2) is 10.3 Å². The molecular formula is C22H21N5O6S2. The van der Waals surface area contributed by atoms with Crippen molar-refractivity contribution in [3.63, 3.8) is 0 Å². The fraction of sp³-hybridized carbons (Fsp3) is 0.273. The number of carbonyl (C=O) groups excluding carboxylic acids is 4. The first kappa shape index (κ1) is 24.5. The Morgan fingerprint density at radius 2 is 2.03 bits per heavy atom. The second-order valence-corrected chi connectivity index (χ2v) is 9.42. The van der Waals surface area contributed by atoms with E-state index in [1.54, 1.807) is 43.3 Å². The predicted molar refractivity (Wildman–Crippen MR) is 132 cm³/mol.